The van der Waals surface area contributed by atoms with Crippen molar-refractivity contribution in [3.63, 3.8) is 0 Å². The van der Waals surface area contributed by atoms with Gasteiger partial charge in [-0.1, -0.05) is 0 Å². The summed E-state index contributed by atoms with van der Waals surface area (Å²) in [5.74, 6) is 0.410. The molecule has 0 unspecified atom stereocenters. The molecule has 0 saturated carbocycles. The van der Waals surface area contributed by atoms with Crippen molar-refractivity contribution < 1.29 is 4.39 Å². The molecule has 8 heteroatoms. The number of nitrogens with zero attached hydrogens (tertiary/aromatic N) is 6. The molecular formula is C17H25FN6O. The number of hydrogen-bond donors (Lipinski definition) is 0. The van der Waals surface area contributed by atoms with Crippen LogP contribution in [-0.2, 0) is 20.1 Å². The van der Waals surface area contributed by atoms with Gasteiger partial charge in [0.2, 0.25) is 0 Å². The Labute approximate surface area is 146 Å². The van der Waals surface area contributed by atoms with Crippen LogP contribution in [0.4, 0.5) is 10.2 Å². The number of aryl methyl sites for hydroxylation is 2. The third kappa shape index (κ3) is 3.89. The van der Waals surface area contributed by atoms with Gasteiger partial charge < -0.3 is 9.47 Å². The van der Waals surface area contributed by atoms with Crippen molar-refractivity contribution in [2.24, 2.45) is 7.05 Å². The lowest BCUT2D eigenvalue weighted by Gasteiger charge is -2.28. The zero-order chi connectivity index (χ0) is 18.0. The van der Waals surface area contributed by atoms with Gasteiger partial charge in [-0.3, -0.25) is 14.4 Å². The maximum atomic E-state index is 14.0. The van der Waals surface area contributed by atoms with E-state index >= 15 is 0 Å². The molecule has 2 aromatic rings. The summed E-state index contributed by atoms with van der Waals surface area (Å²) in [6, 6.07) is 0.0386. The molecule has 0 aliphatic carbocycles. The molecule has 3 rings (SSSR count). The van der Waals surface area contributed by atoms with E-state index in [1.807, 2.05) is 38.3 Å². The molecule has 0 radical (unpaired) electrons. The highest BCUT2D eigenvalue weighted by Crippen LogP contribution is 2.23. The van der Waals surface area contributed by atoms with Gasteiger partial charge >= 0.3 is 0 Å². The maximum absolute atomic E-state index is 14.0. The van der Waals surface area contributed by atoms with Crippen molar-refractivity contribution in [2.45, 2.75) is 38.6 Å². The summed E-state index contributed by atoms with van der Waals surface area (Å²) in [6.07, 6.45) is 6.71. The molecule has 1 fully saturated rings. The number of likely N-dealkylation sites (N-methyl/N-ethyl adjacent to an activating group) is 1. The van der Waals surface area contributed by atoms with Gasteiger partial charge in [-0.05, 0) is 13.3 Å². The highest BCUT2D eigenvalue weighted by atomic mass is 19.1. The van der Waals surface area contributed by atoms with E-state index in [9.17, 15) is 9.18 Å². The standard InChI is InChI=1S/C17H25FN6O/c1-4-23-6-5-19-16(17(23)25)21(2)12-15-7-14(18)11-24(15)10-13-8-20-22(3)9-13/h5-6,8-9,14-15H,4,7,10-12H2,1-3H3/t14-,15-/m0/s1. The van der Waals surface area contributed by atoms with Gasteiger partial charge in [0.05, 0.1) is 6.20 Å². The summed E-state index contributed by atoms with van der Waals surface area (Å²) >= 11 is 0. The molecule has 3 heterocycles. The van der Waals surface area contributed by atoms with Gasteiger partial charge in [0.15, 0.2) is 5.82 Å². The van der Waals surface area contributed by atoms with E-state index in [1.165, 1.54) is 0 Å². The first-order chi connectivity index (χ1) is 12.0. The normalized spacial score (nSPS) is 21.0. The van der Waals surface area contributed by atoms with Crippen molar-refractivity contribution in [1.29, 1.82) is 0 Å². The average molecular weight is 348 g/mol. The molecule has 25 heavy (non-hydrogen) atoms. The van der Waals surface area contributed by atoms with Gasteiger partial charge in [0.1, 0.15) is 6.17 Å². The number of alkyl halides is 1. The topological polar surface area (TPSA) is 59.2 Å². The fraction of sp³-hybridized carbons (Fsp3) is 0.588. The first kappa shape index (κ1) is 17.6. The molecule has 7 nitrogen and oxygen atoms in total. The molecule has 136 valence electrons. The number of likely N-dealkylation sites (tertiary alicyclic amines) is 1. The van der Waals surface area contributed by atoms with Gasteiger partial charge in [0.25, 0.3) is 5.56 Å². The largest absolute Gasteiger partial charge is 0.354 e. The average Bonchev–Trinajstić information content (AvgIpc) is 3.13. The third-order valence-electron chi connectivity index (χ3n) is 4.70. The molecule has 0 amide bonds. The van der Waals surface area contributed by atoms with E-state index in [0.717, 1.165) is 5.56 Å². The summed E-state index contributed by atoms with van der Waals surface area (Å²) in [6.45, 7) is 4.16. The molecule has 1 aliphatic rings. The van der Waals surface area contributed by atoms with Crippen molar-refractivity contribution in [3.05, 3.63) is 40.7 Å². The van der Waals surface area contributed by atoms with Crippen LogP contribution in [0.25, 0.3) is 0 Å². The smallest absolute Gasteiger partial charge is 0.293 e. The molecule has 0 spiro atoms. The summed E-state index contributed by atoms with van der Waals surface area (Å²) < 4.78 is 17.4. The van der Waals surface area contributed by atoms with Crippen LogP contribution in [-0.4, -0.2) is 56.6 Å². The van der Waals surface area contributed by atoms with Gasteiger partial charge in [-0.2, -0.15) is 5.10 Å². The minimum Gasteiger partial charge on any atom is -0.354 e. The lowest BCUT2D eigenvalue weighted by molar-refractivity contribution is 0.237. The Hall–Kier alpha value is -2.22. The van der Waals surface area contributed by atoms with Gasteiger partial charge in [0, 0.05) is 70.5 Å². The van der Waals surface area contributed by atoms with E-state index in [2.05, 4.69) is 15.0 Å². The van der Waals surface area contributed by atoms with Crippen LogP contribution in [0, 0.1) is 0 Å². The predicted molar refractivity (Wildman–Crippen MR) is 94.4 cm³/mol. The Morgan fingerprint density at radius 1 is 1.44 bits per heavy atom. The van der Waals surface area contributed by atoms with Gasteiger partial charge in [-0.15, -0.1) is 0 Å². The van der Waals surface area contributed by atoms with Crippen LogP contribution in [0.3, 0.4) is 0 Å². The quantitative estimate of drug-likeness (QED) is 0.781. The first-order valence-electron chi connectivity index (χ1n) is 8.60. The summed E-state index contributed by atoms with van der Waals surface area (Å²) in [5.41, 5.74) is 0.955. The van der Waals surface area contributed by atoms with E-state index in [1.54, 1.807) is 21.6 Å². The Morgan fingerprint density at radius 2 is 2.24 bits per heavy atom. The molecule has 0 aromatic carbocycles. The zero-order valence-corrected chi connectivity index (χ0v) is 15.0. The summed E-state index contributed by atoms with van der Waals surface area (Å²) in [5, 5.41) is 4.17. The van der Waals surface area contributed by atoms with E-state index in [0.29, 0.717) is 38.4 Å². The molecule has 1 saturated heterocycles. The number of anilines is 1. The van der Waals surface area contributed by atoms with Gasteiger partial charge in [-0.25, -0.2) is 9.37 Å². The summed E-state index contributed by atoms with van der Waals surface area (Å²) in [7, 11) is 3.72. The number of hydrogen-bond acceptors (Lipinski definition) is 5. The van der Waals surface area contributed by atoms with Crippen molar-refractivity contribution in [2.75, 3.05) is 25.0 Å². The fourth-order valence-corrected chi connectivity index (χ4v) is 3.44. The van der Waals surface area contributed by atoms with E-state index in [-0.39, 0.29) is 11.6 Å². The Morgan fingerprint density at radius 3 is 2.92 bits per heavy atom. The molecule has 1 aliphatic heterocycles. The Balaban J connectivity index is 1.72. The first-order valence-corrected chi connectivity index (χ1v) is 8.60. The van der Waals surface area contributed by atoms with Crippen LogP contribution in [0.1, 0.15) is 18.9 Å². The number of rotatable bonds is 6. The number of aromatic nitrogens is 4. The van der Waals surface area contributed by atoms with Crippen molar-refractivity contribution in [1.82, 2.24) is 24.2 Å². The van der Waals surface area contributed by atoms with Crippen molar-refractivity contribution in [3.8, 4) is 0 Å². The zero-order valence-electron chi connectivity index (χ0n) is 15.0. The highest BCUT2D eigenvalue weighted by molar-refractivity contribution is 5.34. The molecule has 2 atom stereocenters. The lowest BCUT2D eigenvalue weighted by atomic mass is 10.2. The van der Waals surface area contributed by atoms with E-state index in [4.69, 9.17) is 0 Å². The highest BCUT2D eigenvalue weighted by Gasteiger charge is 2.33. The minimum absolute atomic E-state index is 0.0386. The molecule has 2 aromatic heterocycles. The van der Waals surface area contributed by atoms with Crippen LogP contribution >= 0.6 is 0 Å². The Kier molecular flexibility index (Phi) is 5.17. The second kappa shape index (κ2) is 7.35. The van der Waals surface area contributed by atoms with Crippen LogP contribution < -0.4 is 10.5 Å². The van der Waals surface area contributed by atoms with Crippen LogP contribution in [0.15, 0.2) is 29.6 Å². The molecule has 0 bridgehead atoms. The monoisotopic (exact) mass is 348 g/mol. The predicted octanol–water partition coefficient (Wildman–Crippen LogP) is 1.05. The maximum Gasteiger partial charge on any atom is 0.293 e. The molecular weight excluding hydrogens is 323 g/mol. The lowest BCUT2D eigenvalue weighted by Crippen LogP contribution is -2.41. The van der Waals surface area contributed by atoms with Crippen LogP contribution in [0.2, 0.25) is 0 Å². The second-order valence-corrected chi connectivity index (χ2v) is 6.66. The van der Waals surface area contributed by atoms with E-state index < -0.39 is 6.17 Å². The second-order valence-electron chi connectivity index (χ2n) is 6.66. The number of halogens is 1. The third-order valence-corrected chi connectivity index (χ3v) is 4.70. The van der Waals surface area contributed by atoms with Crippen LogP contribution in [0.5, 0.6) is 0 Å². The molecule has 0 N–H and O–H groups in total. The SMILES string of the molecule is CCn1ccnc(N(C)C[C@@H]2C[C@H](F)CN2Cc2cnn(C)c2)c1=O. The Bertz CT molecular complexity index is 772. The fourth-order valence-electron chi connectivity index (χ4n) is 3.44. The summed E-state index contributed by atoms with van der Waals surface area (Å²) in [4.78, 5) is 20.6. The van der Waals surface area contributed by atoms with Crippen molar-refractivity contribution >= 4 is 5.82 Å². The minimum atomic E-state index is -0.842.